The third-order valence-corrected chi connectivity index (χ3v) is 7.28. The van der Waals surface area contributed by atoms with Crippen LogP contribution in [-0.2, 0) is 14.8 Å². The van der Waals surface area contributed by atoms with Gasteiger partial charge in [0.15, 0.2) is 5.82 Å². The first-order valence-electron chi connectivity index (χ1n) is 9.75. The van der Waals surface area contributed by atoms with E-state index in [1.165, 1.54) is 26.4 Å². The maximum Gasteiger partial charge on any atom is 0.240 e. The molecule has 0 aromatic carbocycles. The molecule has 3 rings (SSSR count). The number of nitrogens with one attached hydrogen (secondary N) is 1. The number of aromatic nitrogens is 5. The molecular formula is C18H27ClN6O4S. The van der Waals surface area contributed by atoms with Gasteiger partial charge in [0.1, 0.15) is 17.2 Å². The minimum absolute atomic E-state index is 0.0472. The van der Waals surface area contributed by atoms with E-state index in [-0.39, 0.29) is 36.3 Å². The summed E-state index contributed by atoms with van der Waals surface area (Å²) in [4.78, 5) is 8.17. The van der Waals surface area contributed by atoms with Gasteiger partial charge in [-0.15, -0.1) is 10.2 Å². The summed E-state index contributed by atoms with van der Waals surface area (Å²) >= 11 is 5.82. The Kier molecular flexibility index (Phi) is 6.95. The lowest BCUT2D eigenvalue weighted by Crippen LogP contribution is -2.34. The number of hydrogen-bond acceptors (Lipinski definition) is 8. The smallest absolute Gasteiger partial charge is 0.240 e. The van der Waals surface area contributed by atoms with Crippen LogP contribution < -0.4 is 4.72 Å². The van der Waals surface area contributed by atoms with Crippen molar-refractivity contribution in [2.75, 3.05) is 18.4 Å². The van der Waals surface area contributed by atoms with Gasteiger partial charge in [0.2, 0.25) is 16.0 Å². The molecule has 2 N–H and O–H groups in total. The average Bonchev–Trinajstić information content (AvgIpc) is 3.05. The Hall–Kier alpha value is -1.82. The molecule has 1 aliphatic rings. The Bertz CT molecular complexity index is 960. The maximum absolute atomic E-state index is 13.1. The first-order chi connectivity index (χ1) is 14.2. The second-order valence-corrected chi connectivity index (χ2v) is 10.3. The molecule has 1 fully saturated rings. The number of halogens is 1. The van der Waals surface area contributed by atoms with Crippen LogP contribution in [-0.4, -0.2) is 57.2 Å². The molecule has 0 bridgehead atoms. The number of rotatable bonds is 9. The predicted molar refractivity (Wildman–Crippen MR) is 112 cm³/mol. The standard InChI is InChI=1S/C18H27ClN6O4S/c1-10(2)25-17(13-5-12(6-13)9-26)22-23-18(25)24-30(27,28)11(3)15(29-4)16-20-7-14(19)8-21-16/h7-8,10-13,15,26H,5-6,9H2,1-4H3,(H,23,24)/t11-,12-,13+,15-/m0/s1. The van der Waals surface area contributed by atoms with Crippen LogP contribution in [0.4, 0.5) is 5.95 Å². The van der Waals surface area contributed by atoms with Gasteiger partial charge < -0.3 is 9.84 Å². The molecule has 2 aromatic heterocycles. The number of methoxy groups -OCH3 is 1. The topological polar surface area (TPSA) is 132 Å². The van der Waals surface area contributed by atoms with E-state index in [1.54, 1.807) is 4.57 Å². The molecule has 1 saturated carbocycles. The van der Waals surface area contributed by atoms with Gasteiger partial charge in [0.05, 0.1) is 5.02 Å². The summed E-state index contributed by atoms with van der Waals surface area (Å²) in [5.41, 5.74) is 0. The van der Waals surface area contributed by atoms with Crippen LogP contribution in [0.25, 0.3) is 0 Å². The lowest BCUT2D eigenvalue weighted by atomic mass is 9.75. The molecule has 0 spiro atoms. The number of hydrogen-bond donors (Lipinski definition) is 2. The van der Waals surface area contributed by atoms with Crippen LogP contribution in [0, 0.1) is 5.92 Å². The highest BCUT2D eigenvalue weighted by Crippen LogP contribution is 2.42. The lowest BCUT2D eigenvalue weighted by Gasteiger charge is -2.34. The first kappa shape index (κ1) is 22.9. The van der Waals surface area contributed by atoms with Gasteiger partial charge in [-0.3, -0.25) is 9.29 Å². The van der Waals surface area contributed by atoms with E-state index in [0.717, 1.165) is 18.7 Å². The fraction of sp³-hybridized carbons (Fsp3) is 0.667. The number of sulfonamides is 1. The third kappa shape index (κ3) is 4.58. The summed E-state index contributed by atoms with van der Waals surface area (Å²) in [7, 11) is -2.51. The molecule has 0 unspecified atom stereocenters. The van der Waals surface area contributed by atoms with Gasteiger partial charge in [-0.25, -0.2) is 18.4 Å². The van der Waals surface area contributed by atoms with Gasteiger partial charge in [-0.1, -0.05) is 11.6 Å². The molecule has 1 aliphatic carbocycles. The van der Waals surface area contributed by atoms with Crippen molar-refractivity contribution in [2.24, 2.45) is 5.92 Å². The number of aliphatic hydroxyl groups is 1. The summed E-state index contributed by atoms with van der Waals surface area (Å²) in [5, 5.41) is 16.9. The minimum Gasteiger partial charge on any atom is -0.396 e. The molecule has 166 valence electrons. The van der Waals surface area contributed by atoms with Crippen molar-refractivity contribution in [3.05, 3.63) is 29.1 Å². The van der Waals surface area contributed by atoms with Crippen LogP contribution >= 0.6 is 11.6 Å². The second kappa shape index (κ2) is 9.13. The molecule has 12 heteroatoms. The van der Waals surface area contributed by atoms with Crippen molar-refractivity contribution in [2.45, 2.75) is 56.9 Å². The largest absolute Gasteiger partial charge is 0.396 e. The number of anilines is 1. The predicted octanol–water partition coefficient (Wildman–Crippen LogP) is 2.31. The highest BCUT2D eigenvalue weighted by molar-refractivity contribution is 7.93. The molecule has 0 saturated heterocycles. The molecule has 10 nitrogen and oxygen atoms in total. The van der Waals surface area contributed by atoms with E-state index >= 15 is 0 Å². The molecule has 0 amide bonds. The van der Waals surface area contributed by atoms with Gasteiger partial charge in [-0.05, 0) is 39.5 Å². The zero-order valence-corrected chi connectivity index (χ0v) is 18.9. The summed E-state index contributed by atoms with van der Waals surface area (Å²) in [6.45, 7) is 5.54. The van der Waals surface area contributed by atoms with Crippen LogP contribution in [0.2, 0.25) is 5.02 Å². The van der Waals surface area contributed by atoms with Crippen LogP contribution in [0.15, 0.2) is 12.4 Å². The first-order valence-corrected chi connectivity index (χ1v) is 11.7. The van der Waals surface area contributed by atoms with Crippen molar-refractivity contribution < 1.29 is 18.3 Å². The molecule has 30 heavy (non-hydrogen) atoms. The van der Waals surface area contributed by atoms with E-state index in [4.69, 9.17) is 16.3 Å². The molecule has 2 atom stereocenters. The number of aliphatic hydroxyl groups excluding tert-OH is 1. The van der Waals surface area contributed by atoms with Gasteiger partial charge in [0, 0.05) is 38.1 Å². The summed E-state index contributed by atoms with van der Waals surface area (Å²) in [6.07, 6.45) is 3.51. The highest BCUT2D eigenvalue weighted by atomic mass is 35.5. The maximum atomic E-state index is 13.1. The van der Waals surface area contributed by atoms with Crippen LogP contribution in [0.5, 0.6) is 0 Å². The zero-order valence-electron chi connectivity index (χ0n) is 17.4. The van der Waals surface area contributed by atoms with Crippen molar-refractivity contribution in [3.63, 3.8) is 0 Å². The Morgan fingerprint density at radius 1 is 1.27 bits per heavy atom. The van der Waals surface area contributed by atoms with E-state index in [1.807, 2.05) is 13.8 Å². The fourth-order valence-corrected chi connectivity index (χ4v) is 4.85. The quantitative estimate of drug-likeness (QED) is 0.584. The van der Waals surface area contributed by atoms with Crippen molar-refractivity contribution in [3.8, 4) is 0 Å². The van der Waals surface area contributed by atoms with Gasteiger partial charge >= 0.3 is 0 Å². The van der Waals surface area contributed by atoms with Crippen molar-refractivity contribution in [1.82, 2.24) is 24.7 Å². The second-order valence-electron chi connectivity index (χ2n) is 7.83. The monoisotopic (exact) mass is 458 g/mol. The Balaban J connectivity index is 1.83. The highest BCUT2D eigenvalue weighted by Gasteiger charge is 2.37. The molecule has 2 aromatic rings. The summed E-state index contributed by atoms with van der Waals surface area (Å²) < 4.78 is 35.9. The Morgan fingerprint density at radius 3 is 2.43 bits per heavy atom. The van der Waals surface area contributed by atoms with Crippen LogP contribution in [0.3, 0.4) is 0 Å². The lowest BCUT2D eigenvalue weighted by molar-refractivity contribution is 0.0950. The average molecular weight is 459 g/mol. The third-order valence-electron chi connectivity index (χ3n) is 5.40. The van der Waals surface area contributed by atoms with Crippen LogP contribution in [0.1, 0.15) is 63.3 Å². The van der Waals surface area contributed by atoms with Crippen molar-refractivity contribution >= 4 is 27.6 Å². The normalized spacial score (nSPS) is 21.3. The minimum atomic E-state index is -3.91. The van der Waals surface area contributed by atoms with Crippen molar-refractivity contribution in [1.29, 1.82) is 0 Å². The van der Waals surface area contributed by atoms with Gasteiger partial charge in [-0.2, -0.15) is 0 Å². The Morgan fingerprint density at radius 2 is 1.90 bits per heavy atom. The SMILES string of the molecule is CO[C@H](c1ncc(Cl)cn1)[C@H](C)S(=O)(=O)Nc1nnc([C@H]2C[C@@H](CO)C2)n1C(C)C. The van der Waals surface area contributed by atoms with E-state index in [0.29, 0.717) is 5.02 Å². The zero-order chi connectivity index (χ0) is 22.1. The number of ether oxygens (including phenoxy) is 1. The summed E-state index contributed by atoms with van der Waals surface area (Å²) in [5.74, 6) is 1.52. The van der Waals surface area contributed by atoms with E-state index < -0.39 is 21.4 Å². The fourth-order valence-electron chi connectivity index (χ4n) is 3.62. The van der Waals surface area contributed by atoms with Gasteiger partial charge in [0.25, 0.3) is 0 Å². The molecular weight excluding hydrogens is 432 g/mol. The van der Waals surface area contributed by atoms with E-state index in [9.17, 15) is 13.5 Å². The molecule has 0 radical (unpaired) electrons. The number of nitrogens with zero attached hydrogens (tertiary/aromatic N) is 5. The molecule has 0 aliphatic heterocycles. The summed E-state index contributed by atoms with van der Waals surface area (Å²) in [6, 6.07) is -0.0472. The Labute approximate surface area is 181 Å². The molecule has 2 heterocycles. The van der Waals surface area contributed by atoms with E-state index in [2.05, 4.69) is 24.9 Å².